The zero-order valence-electron chi connectivity index (χ0n) is 23.3. The van der Waals surface area contributed by atoms with E-state index in [4.69, 9.17) is 9.47 Å². The molecule has 1 saturated heterocycles. The number of carbonyl (C=O) groups excluding carboxylic acids is 2. The van der Waals surface area contributed by atoms with Crippen LogP contribution in [0.25, 0.3) is 6.08 Å². The minimum Gasteiger partial charge on any atom is -0.493 e. The average Bonchev–Trinajstić information content (AvgIpc) is 2.96. The lowest BCUT2D eigenvalue weighted by Gasteiger charge is -2.34. The molecule has 2 aliphatic rings. The topological polar surface area (TPSA) is 79.3 Å². The van der Waals surface area contributed by atoms with Gasteiger partial charge in [0.2, 0.25) is 5.91 Å². The molecule has 0 bridgehead atoms. The third-order valence-corrected chi connectivity index (χ3v) is 7.72. The molecule has 1 aromatic carbocycles. The molecule has 1 aromatic rings. The molecule has 2 unspecified atom stereocenters. The summed E-state index contributed by atoms with van der Waals surface area (Å²) < 4.78 is 11.4. The Morgan fingerprint density at radius 2 is 1.71 bits per heavy atom. The number of rotatable bonds is 15. The molecule has 38 heavy (non-hydrogen) atoms. The first-order chi connectivity index (χ1) is 18.6. The molecule has 1 N–H and O–H groups in total. The van der Waals surface area contributed by atoms with Crippen LogP contribution in [0.2, 0.25) is 0 Å². The lowest BCUT2D eigenvalue weighted by Crippen LogP contribution is -2.45. The summed E-state index contributed by atoms with van der Waals surface area (Å²) in [5.74, 6) is 1.15. The summed E-state index contributed by atoms with van der Waals surface area (Å²) in [6, 6.07) is 7.62. The molecule has 1 saturated carbocycles. The number of carbonyl (C=O) groups is 2. The lowest BCUT2D eigenvalue weighted by atomic mass is 9.81. The number of hydrogen-bond donors (Lipinski definition) is 1. The fourth-order valence-corrected chi connectivity index (χ4v) is 5.36. The monoisotopic (exact) mass is 528 g/mol. The molecule has 7 nitrogen and oxygen atoms in total. The van der Waals surface area contributed by atoms with Crippen LogP contribution in [-0.2, 0) is 14.3 Å². The highest BCUT2D eigenvalue weighted by Gasteiger charge is 2.31. The Balaban J connectivity index is 1.33. The van der Waals surface area contributed by atoms with Gasteiger partial charge in [-0.25, -0.2) is 5.06 Å². The average molecular weight is 529 g/mol. The number of hydroxylamine groups is 2. The fourth-order valence-electron chi connectivity index (χ4n) is 5.36. The summed E-state index contributed by atoms with van der Waals surface area (Å²) in [5, 5.41) is 10.8. The molecular weight excluding hydrogens is 480 g/mol. The van der Waals surface area contributed by atoms with Crippen LogP contribution >= 0.6 is 0 Å². The predicted octanol–water partition coefficient (Wildman–Crippen LogP) is 6.10. The molecule has 0 aromatic heterocycles. The van der Waals surface area contributed by atoms with Crippen molar-refractivity contribution in [1.29, 1.82) is 0 Å². The number of nitrogens with zero attached hydrogens (tertiary/aromatic N) is 2. The molecule has 212 valence electrons. The first kappa shape index (κ1) is 30.2. The summed E-state index contributed by atoms with van der Waals surface area (Å²) in [5.41, 5.74) is 0.875. The molecule has 0 spiro atoms. The molecule has 3 rings (SSSR count). The predicted molar refractivity (Wildman–Crippen MR) is 150 cm³/mol. The van der Waals surface area contributed by atoms with E-state index in [9.17, 15) is 14.8 Å². The zero-order chi connectivity index (χ0) is 27.0. The molecule has 0 radical (unpaired) electrons. The minimum absolute atomic E-state index is 0.0992. The summed E-state index contributed by atoms with van der Waals surface area (Å²) in [4.78, 5) is 27.0. The van der Waals surface area contributed by atoms with Gasteiger partial charge < -0.3 is 14.4 Å². The highest BCUT2D eigenvalue weighted by molar-refractivity contribution is 5.90. The van der Waals surface area contributed by atoms with Gasteiger partial charge in [-0.05, 0) is 55.4 Å². The molecule has 2 fully saturated rings. The third kappa shape index (κ3) is 10.8. The summed E-state index contributed by atoms with van der Waals surface area (Å²) in [6.45, 7) is 5.89. The van der Waals surface area contributed by atoms with Gasteiger partial charge in [0.1, 0.15) is 5.75 Å². The number of amides is 2. The van der Waals surface area contributed by atoms with Crippen molar-refractivity contribution < 1.29 is 24.3 Å². The maximum Gasteiger partial charge on any atom is 0.269 e. The van der Waals surface area contributed by atoms with E-state index in [1.54, 1.807) is 6.08 Å². The van der Waals surface area contributed by atoms with Gasteiger partial charge in [-0.1, -0.05) is 70.4 Å². The minimum atomic E-state index is -0.397. The van der Waals surface area contributed by atoms with Gasteiger partial charge in [-0.2, -0.15) is 0 Å². The Kier molecular flexibility index (Phi) is 13.7. The lowest BCUT2D eigenvalue weighted by molar-refractivity contribution is -0.159. The van der Waals surface area contributed by atoms with Gasteiger partial charge in [-0.3, -0.25) is 14.8 Å². The standard InChI is InChI=1S/C31H48N2O5/c1-2-3-4-5-6-7-8-9-19-33(36)30(34)18-15-26-13-16-29(17-14-26)38-25-27-11-10-12-28(24-27)31(35)32-20-22-37-23-21-32/h13-18,27-28,36H,2-12,19-25H2,1H3. The second kappa shape index (κ2) is 17.3. The second-order valence-electron chi connectivity index (χ2n) is 10.8. The van der Waals surface area contributed by atoms with Crippen LogP contribution in [0.4, 0.5) is 0 Å². The molecule has 2 amide bonds. The highest BCUT2D eigenvalue weighted by atomic mass is 16.5. The van der Waals surface area contributed by atoms with Crippen molar-refractivity contribution >= 4 is 17.9 Å². The Labute approximate surface area is 229 Å². The molecular formula is C31H48N2O5. The quantitative estimate of drug-likeness (QED) is 0.129. The van der Waals surface area contributed by atoms with Gasteiger partial charge >= 0.3 is 0 Å². The van der Waals surface area contributed by atoms with Crippen molar-refractivity contribution in [3.8, 4) is 5.75 Å². The van der Waals surface area contributed by atoms with E-state index in [0.29, 0.717) is 45.4 Å². The Morgan fingerprint density at radius 1 is 1.03 bits per heavy atom. The maximum absolute atomic E-state index is 12.9. The zero-order valence-corrected chi connectivity index (χ0v) is 23.3. The van der Waals surface area contributed by atoms with E-state index < -0.39 is 5.91 Å². The van der Waals surface area contributed by atoms with Crippen LogP contribution in [0.3, 0.4) is 0 Å². The van der Waals surface area contributed by atoms with E-state index in [2.05, 4.69) is 6.92 Å². The first-order valence-corrected chi connectivity index (χ1v) is 14.8. The SMILES string of the molecule is CCCCCCCCCCN(O)C(=O)C=Cc1ccc(OCC2CCCC(C(=O)N3CCOCC3)C2)cc1. The van der Waals surface area contributed by atoms with Crippen molar-refractivity contribution in [3.63, 3.8) is 0 Å². The normalized spacial score (nSPS) is 20.0. The summed E-state index contributed by atoms with van der Waals surface area (Å²) in [7, 11) is 0. The van der Waals surface area contributed by atoms with Crippen LogP contribution in [-0.4, -0.2) is 66.4 Å². The smallest absolute Gasteiger partial charge is 0.269 e. The number of unbranched alkanes of at least 4 members (excludes halogenated alkanes) is 7. The number of benzene rings is 1. The highest BCUT2D eigenvalue weighted by Crippen LogP contribution is 2.31. The van der Waals surface area contributed by atoms with Crippen LogP contribution in [0.1, 0.15) is 89.5 Å². The van der Waals surface area contributed by atoms with Crippen molar-refractivity contribution in [2.45, 2.75) is 84.0 Å². The fraction of sp³-hybridized carbons (Fsp3) is 0.677. The molecule has 1 aliphatic heterocycles. The van der Waals surface area contributed by atoms with Gasteiger partial charge in [0, 0.05) is 31.6 Å². The van der Waals surface area contributed by atoms with E-state index in [0.717, 1.165) is 61.3 Å². The summed E-state index contributed by atoms with van der Waals surface area (Å²) >= 11 is 0. The van der Waals surface area contributed by atoms with E-state index in [-0.39, 0.29) is 11.8 Å². The molecule has 1 aliphatic carbocycles. The van der Waals surface area contributed by atoms with Crippen molar-refractivity contribution in [2.75, 3.05) is 39.5 Å². The van der Waals surface area contributed by atoms with Gasteiger partial charge in [0.25, 0.3) is 5.91 Å². The Bertz CT molecular complexity index is 850. The van der Waals surface area contributed by atoms with Crippen molar-refractivity contribution in [3.05, 3.63) is 35.9 Å². The van der Waals surface area contributed by atoms with Crippen molar-refractivity contribution in [1.82, 2.24) is 9.96 Å². The first-order valence-electron chi connectivity index (χ1n) is 14.8. The maximum atomic E-state index is 12.9. The van der Waals surface area contributed by atoms with Crippen LogP contribution in [0.5, 0.6) is 5.75 Å². The van der Waals surface area contributed by atoms with Crippen LogP contribution < -0.4 is 4.74 Å². The van der Waals surface area contributed by atoms with Crippen molar-refractivity contribution in [2.24, 2.45) is 11.8 Å². The summed E-state index contributed by atoms with van der Waals surface area (Å²) in [6.07, 6.45) is 16.5. The molecule has 2 atom stereocenters. The van der Waals surface area contributed by atoms with E-state index >= 15 is 0 Å². The largest absolute Gasteiger partial charge is 0.493 e. The number of ether oxygens (including phenoxy) is 2. The Hall–Kier alpha value is -2.38. The van der Waals surface area contributed by atoms with Gasteiger partial charge in [0.05, 0.1) is 19.8 Å². The van der Waals surface area contributed by atoms with E-state index in [1.807, 2.05) is 29.2 Å². The molecule has 7 heteroatoms. The number of morpholine rings is 1. The van der Waals surface area contributed by atoms with Crippen LogP contribution in [0.15, 0.2) is 30.3 Å². The van der Waals surface area contributed by atoms with Gasteiger partial charge in [0.15, 0.2) is 0 Å². The third-order valence-electron chi connectivity index (χ3n) is 7.72. The van der Waals surface area contributed by atoms with Gasteiger partial charge in [-0.15, -0.1) is 0 Å². The second-order valence-corrected chi connectivity index (χ2v) is 10.8. The van der Waals surface area contributed by atoms with E-state index in [1.165, 1.54) is 38.2 Å². The Morgan fingerprint density at radius 3 is 2.42 bits per heavy atom. The number of hydrogen-bond acceptors (Lipinski definition) is 5. The molecule has 1 heterocycles. The van der Waals surface area contributed by atoms with Crippen LogP contribution in [0, 0.1) is 11.8 Å².